The first-order valence-corrected chi connectivity index (χ1v) is 5.70. The largest absolute Gasteiger partial charge is 0.497 e. The summed E-state index contributed by atoms with van der Waals surface area (Å²) < 4.78 is 3.19. The first-order chi connectivity index (χ1) is 7.84. The molecule has 17 heavy (non-hydrogen) atoms. The van der Waals surface area contributed by atoms with Crippen LogP contribution in [0.5, 0.6) is 5.75 Å². The van der Waals surface area contributed by atoms with Gasteiger partial charge in [0.15, 0.2) is 5.78 Å². The maximum Gasteiger partial charge on any atom is 0.230 e. The minimum Gasteiger partial charge on any atom is -0.497 e. The molecule has 92 valence electrons. The normalized spacial score (nSPS) is 12.4. The molecule has 0 aliphatic carbocycles. The predicted octanol–water partition coefficient (Wildman–Crippen LogP) is 3.09. The molecule has 3 nitrogen and oxygen atoms in total. The number of hydrogen-bond acceptors (Lipinski definition) is 3. The van der Waals surface area contributed by atoms with Crippen LogP contribution in [0, 0.1) is 0 Å². The summed E-state index contributed by atoms with van der Waals surface area (Å²) in [6.45, 7) is 0. The van der Waals surface area contributed by atoms with Gasteiger partial charge in [-0.05, 0) is 24.3 Å². The zero-order valence-corrected chi connectivity index (χ0v) is 11.2. The van der Waals surface area contributed by atoms with E-state index in [1.54, 1.807) is 24.3 Å². The number of methoxy groups -OCH3 is 1. The average Bonchev–Trinajstić information content (AvgIpc) is 2.27. The smallest absolute Gasteiger partial charge is 0.230 e. The van der Waals surface area contributed by atoms with Gasteiger partial charge in [-0.3, -0.25) is 4.79 Å². The van der Waals surface area contributed by atoms with Crippen molar-refractivity contribution in [2.75, 3.05) is 7.11 Å². The highest BCUT2D eigenvalue weighted by Gasteiger charge is 2.24. The van der Waals surface area contributed by atoms with Crippen molar-refractivity contribution >= 4 is 40.6 Å². The van der Waals surface area contributed by atoms with E-state index in [0.29, 0.717) is 11.3 Å². The third kappa shape index (κ3) is 4.11. The second-order valence-corrected chi connectivity index (χ2v) is 5.47. The van der Waals surface area contributed by atoms with Crippen LogP contribution in [0.1, 0.15) is 10.4 Å². The van der Waals surface area contributed by atoms with Gasteiger partial charge in [0.1, 0.15) is 5.75 Å². The van der Waals surface area contributed by atoms with Crippen LogP contribution in [-0.2, 0) is 0 Å². The molecule has 0 amide bonds. The maximum absolute atomic E-state index is 11.7. The van der Waals surface area contributed by atoms with Crippen molar-refractivity contribution < 1.29 is 9.53 Å². The van der Waals surface area contributed by atoms with Gasteiger partial charge in [-0.2, -0.15) is 0 Å². The molecule has 0 atom stereocenters. The van der Waals surface area contributed by atoms with Crippen LogP contribution in [0.25, 0.3) is 0 Å². The van der Waals surface area contributed by atoms with Gasteiger partial charge in [0.25, 0.3) is 0 Å². The molecule has 0 spiro atoms. The van der Waals surface area contributed by atoms with Crippen molar-refractivity contribution in [3.05, 3.63) is 41.6 Å². The number of halogens is 3. The standard InChI is InChI=1S/C11H10Cl3NO2/c1-17-8-4-2-7(3-5-8)9(16)6-10(15)11(12,13)14/h2-6H,15H2,1H3/b10-6-. The van der Waals surface area contributed by atoms with E-state index in [4.69, 9.17) is 45.3 Å². The monoisotopic (exact) mass is 293 g/mol. The van der Waals surface area contributed by atoms with E-state index in [-0.39, 0.29) is 11.5 Å². The lowest BCUT2D eigenvalue weighted by Gasteiger charge is -2.10. The van der Waals surface area contributed by atoms with Gasteiger partial charge >= 0.3 is 0 Å². The van der Waals surface area contributed by atoms with Gasteiger partial charge in [-0.1, -0.05) is 34.8 Å². The summed E-state index contributed by atoms with van der Waals surface area (Å²) in [5, 5.41) is 0. The molecule has 1 aromatic rings. The summed E-state index contributed by atoms with van der Waals surface area (Å²) in [4.78, 5) is 11.7. The molecule has 0 fully saturated rings. The number of ether oxygens (including phenoxy) is 1. The van der Waals surface area contributed by atoms with Crippen LogP contribution in [0.2, 0.25) is 0 Å². The number of allylic oxidation sites excluding steroid dienone is 2. The van der Waals surface area contributed by atoms with Crippen molar-refractivity contribution in [1.82, 2.24) is 0 Å². The molecule has 0 radical (unpaired) electrons. The number of nitrogens with two attached hydrogens (primary N) is 1. The summed E-state index contributed by atoms with van der Waals surface area (Å²) in [5.41, 5.74) is 5.78. The van der Waals surface area contributed by atoms with Crippen LogP contribution < -0.4 is 10.5 Å². The van der Waals surface area contributed by atoms with E-state index in [1.165, 1.54) is 7.11 Å². The third-order valence-electron chi connectivity index (χ3n) is 1.99. The molecular weight excluding hydrogens is 284 g/mol. The lowest BCUT2D eigenvalue weighted by atomic mass is 10.1. The summed E-state index contributed by atoms with van der Waals surface area (Å²) in [6.07, 6.45) is 1.09. The van der Waals surface area contributed by atoms with Crippen molar-refractivity contribution in [3.8, 4) is 5.75 Å². The lowest BCUT2D eigenvalue weighted by molar-refractivity contribution is 0.104. The fourth-order valence-electron chi connectivity index (χ4n) is 1.06. The van der Waals surface area contributed by atoms with E-state index in [2.05, 4.69) is 0 Å². The number of alkyl halides is 3. The molecule has 1 rings (SSSR count). The summed E-state index contributed by atoms with van der Waals surface area (Å²) in [7, 11) is 1.54. The van der Waals surface area contributed by atoms with Crippen LogP contribution in [0.4, 0.5) is 0 Å². The Labute approximate surface area is 114 Å². The summed E-state index contributed by atoms with van der Waals surface area (Å²) in [6, 6.07) is 6.52. The summed E-state index contributed by atoms with van der Waals surface area (Å²) in [5.74, 6) is 0.316. The van der Waals surface area contributed by atoms with Crippen molar-refractivity contribution in [3.63, 3.8) is 0 Å². The highest BCUT2D eigenvalue weighted by Crippen LogP contribution is 2.31. The van der Waals surface area contributed by atoms with Gasteiger partial charge in [-0.15, -0.1) is 0 Å². The van der Waals surface area contributed by atoms with Gasteiger partial charge < -0.3 is 10.5 Å². The van der Waals surface area contributed by atoms with E-state index < -0.39 is 3.79 Å². The SMILES string of the molecule is COc1ccc(C(=O)/C=C(\N)C(Cl)(Cl)Cl)cc1. The van der Waals surface area contributed by atoms with Crippen LogP contribution in [-0.4, -0.2) is 16.7 Å². The van der Waals surface area contributed by atoms with Crippen LogP contribution in [0.3, 0.4) is 0 Å². The minimum atomic E-state index is -1.78. The van der Waals surface area contributed by atoms with Crippen LogP contribution in [0.15, 0.2) is 36.0 Å². The molecule has 0 heterocycles. The average molecular weight is 295 g/mol. The number of carbonyl (C=O) groups excluding carboxylic acids is 1. The van der Waals surface area contributed by atoms with E-state index >= 15 is 0 Å². The minimum absolute atomic E-state index is 0.122. The maximum atomic E-state index is 11.7. The molecule has 0 saturated heterocycles. The molecule has 2 N–H and O–H groups in total. The Morgan fingerprint density at radius 3 is 2.24 bits per heavy atom. The second-order valence-electron chi connectivity index (χ2n) is 3.19. The zero-order valence-electron chi connectivity index (χ0n) is 8.91. The molecular formula is C11H10Cl3NO2. The molecule has 0 bridgehead atoms. The third-order valence-corrected chi connectivity index (χ3v) is 2.64. The molecule has 6 heteroatoms. The Kier molecular flexibility index (Phi) is 4.69. The van der Waals surface area contributed by atoms with Gasteiger partial charge in [0.05, 0.1) is 12.8 Å². The first kappa shape index (κ1) is 14.2. The lowest BCUT2D eigenvalue weighted by Crippen LogP contribution is -2.17. The van der Waals surface area contributed by atoms with Gasteiger partial charge in [-0.25, -0.2) is 0 Å². The Bertz CT molecular complexity index is 435. The molecule has 1 aromatic carbocycles. The van der Waals surface area contributed by atoms with E-state index in [1.807, 2.05) is 0 Å². The van der Waals surface area contributed by atoms with Crippen molar-refractivity contribution in [1.29, 1.82) is 0 Å². The topological polar surface area (TPSA) is 52.3 Å². The number of carbonyl (C=O) groups is 1. The van der Waals surface area contributed by atoms with Crippen molar-refractivity contribution in [2.24, 2.45) is 5.73 Å². The quantitative estimate of drug-likeness (QED) is 0.529. The fraction of sp³-hybridized carbons (Fsp3) is 0.182. The van der Waals surface area contributed by atoms with Gasteiger partial charge in [0, 0.05) is 11.6 Å². The van der Waals surface area contributed by atoms with Crippen LogP contribution >= 0.6 is 34.8 Å². The Morgan fingerprint density at radius 2 is 1.82 bits per heavy atom. The molecule has 0 aliphatic rings. The van der Waals surface area contributed by atoms with E-state index in [9.17, 15) is 4.79 Å². The second kappa shape index (κ2) is 5.63. The number of rotatable bonds is 3. The number of hydrogen-bond donors (Lipinski definition) is 1. The molecule has 0 aromatic heterocycles. The fourth-order valence-corrected chi connectivity index (χ4v) is 1.23. The first-order valence-electron chi connectivity index (χ1n) is 4.57. The Morgan fingerprint density at radius 1 is 1.29 bits per heavy atom. The van der Waals surface area contributed by atoms with Crippen molar-refractivity contribution in [2.45, 2.75) is 3.79 Å². The zero-order chi connectivity index (χ0) is 13.1. The number of benzene rings is 1. The molecule has 0 saturated carbocycles. The molecule has 0 unspecified atom stereocenters. The Balaban J connectivity index is 2.90. The molecule has 0 aliphatic heterocycles. The van der Waals surface area contributed by atoms with Gasteiger partial charge in [0.2, 0.25) is 3.79 Å². The Hall–Kier alpha value is -0.900. The predicted molar refractivity (Wildman–Crippen MR) is 69.9 cm³/mol. The highest BCUT2D eigenvalue weighted by atomic mass is 35.6. The number of ketones is 1. The summed E-state index contributed by atoms with van der Waals surface area (Å²) >= 11 is 16.6. The van der Waals surface area contributed by atoms with E-state index in [0.717, 1.165) is 6.08 Å². The highest BCUT2D eigenvalue weighted by molar-refractivity contribution is 6.69.